The minimum atomic E-state index is 0.661. The second kappa shape index (κ2) is 6.09. The second-order valence-corrected chi connectivity index (χ2v) is 6.07. The molecule has 0 aromatic carbocycles. The largest absolute Gasteiger partial charge is 0.472 e. The van der Waals surface area contributed by atoms with Gasteiger partial charge in [-0.15, -0.1) is 0 Å². The van der Waals surface area contributed by atoms with Gasteiger partial charge in [-0.2, -0.15) is 0 Å². The van der Waals surface area contributed by atoms with Crippen LogP contribution in [-0.4, -0.2) is 53.3 Å². The molecule has 24 heavy (non-hydrogen) atoms. The van der Waals surface area contributed by atoms with E-state index in [-0.39, 0.29) is 0 Å². The van der Waals surface area contributed by atoms with E-state index in [1.165, 1.54) is 0 Å². The fourth-order valence-corrected chi connectivity index (χ4v) is 2.82. The minimum absolute atomic E-state index is 0.661. The maximum absolute atomic E-state index is 5.41. The van der Waals surface area contributed by atoms with Gasteiger partial charge in [0.05, 0.1) is 29.5 Å². The molecule has 0 radical (unpaired) electrons. The molecule has 0 N–H and O–H groups in total. The predicted molar refractivity (Wildman–Crippen MR) is 89.7 cm³/mol. The summed E-state index contributed by atoms with van der Waals surface area (Å²) in [6, 6.07) is 3.78. The van der Waals surface area contributed by atoms with Crippen LogP contribution in [0.4, 0.5) is 5.95 Å². The van der Waals surface area contributed by atoms with Gasteiger partial charge < -0.3 is 18.7 Å². The van der Waals surface area contributed by atoms with Gasteiger partial charge in [0.15, 0.2) is 5.76 Å². The molecule has 0 spiro atoms. The van der Waals surface area contributed by atoms with Crippen molar-refractivity contribution in [3.05, 3.63) is 36.5 Å². The van der Waals surface area contributed by atoms with Crippen LogP contribution in [0.25, 0.3) is 22.6 Å². The van der Waals surface area contributed by atoms with Gasteiger partial charge in [-0.3, -0.25) is 0 Å². The first-order chi connectivity index (χ1) is 11.7. The highest BCUT2D eigenvalue weighted by Gasteiger charge is 2.20. The quantitative estimate of drug-likeness (QED) is 0.732. The molecule has 1 fully saturated rings. The molecular formula is C17H19N5O2. The summed E-state index contributed by atoms with van der Waals surface area (Å²) in [7, 11) is 2.13. The van der Waals surface area contributed by atoms with Crippen molar-refractivity contribution in [2.75, 3.05) is 38.1 Å². The predicted octanol–water partition coefficient (Wildman–Crippen LogP) is 2.45. The van der Waals surface area contributed by atoms with Gasteiger partial charge in [0.1, 0.15) is 0 Å². The van der Waals surface area contributed by atoms with E-state index in [1.807, 2.05) is 25.3 Å². The molecular weight excluding hydrogens is 306 g/mol. The number of hydrogen-bond donors (Lipinski definition) is 0. The highest BCUT2D eigenvalue weighted by molar-refractivity contribution is 5.78. The Balaban J connectivity index is 1.75. The van der Waals surface area contributed by atoms with E-state index in [1.54, 1.807) is 12.5 Å². The molecule has 1 aliphatic rings. The zero-order chi connectivity index (χ0) is 16.5. The summed E-state index contributed by atoms with van der Waals surface area (Å²) < 4.78 is 10.6. The lowest BCUT2D eigenvalue weighted by atomic mass is 10.1. The van der Waals surface area contributed by atoms with Gasteiger partial charge in [0.2, 0.25) is 5.95 Å². The molecule has 3 aromatic heterocycles. The first kappa shape index (κ1) is 14.9. The zero-order valence-corrected chi connectivity index (χ0v) is 13.8. The molecule has 0 unspecified atom stereocenters. The third kappa shape index (κ3) is 2.78. The number of rotatable bonds is 3. The summed E-state index contributed by atoms with van der Waals surface area (Å²) in [5, 5.41) is 3.97. The van der Waals surface area contributed by atoms with Crippen LogP contribution < -0.4 is 4.90 Å². The Morgan fingerprint density at radius 1 is 1.17 bits per heavy atom. The molecule has 3 aromatic rings. The summed E-state index contributed by atoms with van der Waals surface area (Å²) >= 11 is 0. The summed E-state index contributed by atoms with van der Waals surface area (Å²) in [6.07, 6.45) is 5.13. The van der Waals surface area contributed by atoms with Crippen molar-refractivity contribution in [2.45, 2.75) is 6.92 Å². The molecule has 1 aliphatic heterocycles. The Morgan fingerprint density at radius 3 is 2.67 bits per heavy atom. The molecule has 0 atom stereocenters. The van der Waals surface area contributed by atoms with Gasteiger partial charge in [-0.05, 0) is 20.0 Å². The van der Waals surface area contributed by atoms with Crippen LogP contribution in [0, 0.1) is 6.92 Å². The smallest absolute Gasteiger partial charge is 0.225 e. The normalized spacial score (nSPS) is 15.8. The Morgan fingerprint density at radius 2 is 2.00 bits per heavy atom. The highest BCUT2D eigenvalue weighted by Crippen LogP contribution is 2.32. The molecule has 4 heterocycles. The summed E-state index contributed by atoms with van der Waals surface area (Å²) in [4.78, 5) is 13.9. The Hall–Kier alpha value is -2.67. The first-order valence-corrected chi connectivity index (χ1v) is 7.97. The van der Waals surface area contributed by atoms with Crippen molar-refractivity contribution >= 4 is 5.95 Å². The number of likely N-dealkylation sites (N-methyl/N-ethyl adjacent to an activating group) is 1. The van der Waals surface area contributed by atoms with Gasteiger partial charge in [0, 0.05) is 44.0 Å². The zero-order valence-electron chi connectivity index (χ0n) is 13.8. The molecule has 0 bridgehead atoms. The standard InChI is InChI=1S/C17H19N5O2/c1-12-9-15(24-20-12)14-10-18-17(22-6-4-21(2)5-7-22)19-16(14)13-3-8-23-11-13/h3,8-11H,4-7H2,1-2H3. The van der Waals surface area contributed by atoms with Crippen molar-refractivity contribution in [3.8, 4) is 22.6 Å². The average Bonchev–Trinajstić information content (AvgIpc) is 3.27. The van der Waals surface area contributed by atoms with E-state index in [9.17, 15) is 0 Å². The van der Waals surface area contributed by atoms with Crippen molar-refractivity contribution in [1.82, 2.24) is 20.0 Å². The van der Waals surface area contributed by atoms with E-state index in [4.69, 9.17) is 13.9 Å². The van der Waals surface area contributed by atoms with Gasteiger partial charge in [-0.25, -0.2) is 9.97 Å². The minimum Gasteiger partial charge on any atom is -0.472 e. The molecule has 0 aliphatic carbocycles. The van der Waals surface area contributed by atoms with E-state index in [0.717, 1.165) is 54.6 Å². The van der Waals surface area contributed by atoms with Crippen LogP contribution >= 0.6 is 0 Å². The van der Waals surface area contributed by atoms with E-state index >= 15 is 0 Å². The second-order valence-electron chi connectivity index (χ2n) is 6.07. The average molecular weight is 325 g/mol. The number of furan rings is 1. The molecule has 124 valence electrons. The molecule has 0 amide bonds. The van der Waals surface area contributed by atoms with E-state index in [0.29, 0.717) is 5.76 Å². The summed E-state index contributed by atoms with van der Waals surface area (Å²) in [5.74, 6) is 1.40. The monoisotopic (exact) mass is 325 g/mol. The lowest BCUT2D eigenvalue weighted by Gasteiger charge is -2.32. The lowest BCUT2D eigenvalue weighted by Crippen LogP contribution is -2.45. The van der Waals surface area contributed by atoms with Gasteiger partial charge >= 0.3 is 0 Å². The van der Waals surface area contributed by atoms with Crippen LogP contribution in [0.2, 0.25) is 0 Å². The Kier molecular flexibility index (Phi) is 3.78. The maximum atomic E-state index is 5.41. The Bertz CT molecular complexity index is 819. The van der Waals surface area contributed by atoms with Gasteiger partial charge in [0.25, 0.3) is 0 Å². The van der Waals surface area contributed by atoms with Crippen LogP contribution in [0.5, 0.6) is 0 Å². The molecule has 7 nitrogen and oxygen atoms in total. The molecule has 4 rings (SSSR count). The number of hydrogen-bond acceptors (Lipinski definition) is 7. The van der Waals surface area contributed by atoms with Crippen LogP contribution in [-0.2, 0) is 0 Å². The van der Waals surface area contributed by atoms with Crippen molar-refractivity contribution in [2.24, 2.45) is 0 Å². The van der Waals surface area contributed by atoms with Gasteiger partial charge in [-0.1, -0.05) is 5.16 Å². The SMILES string of the molecule is Cc1cc(-c2cnc(N3CCN(C)CC3)nc2-c2ccoc2)on1. The van der Waals surface area contributed by atoms with E-state index < -0.39 is 0 Å². The fraction of sp³-hybridized carbons (Fsp3) is 0.353. The van der Waals surface area contributed by atoms with Crippen LogP contribution in [0.15, 0.2) is 39.8 Å². The summed E-state index contributed by atoms with van der Waals surface area (Å²) in [5.41, 5.74) is 3.34. The highest BCUT2D eigenvalue weighted by atomic mass is 16.5. The van der Waals surface area contributed by atoms with Crippen LogP contribution in [0.3, 0.4) is 0 Å². The number of anilines is 1. The van der Waals surface area contributed by atoms with Crippen molar-refractivity contribution < 1.29 is 8.94 Å². The number of aromatic nitrogens is 3. The third-order valence-corrected chi connectivity index (χ3v) is 4.25. The maximum Gasteiger partial charge on any atom is 0.225 e. The third-order valence-electron chi connectivity index (χ3n) is 4.25. The molecule has 0 saturated carbocycles. The number of aryl methyl sites for hydroxylation is 1. The first-order valence-electron chi connectivity index (χ1n) is 7.97. The van der Waals surface area contributed by atoms with Crippen LogP contribution in [0.1, 0.15) is 5.69 Å². The number of nitrogens with zero attached hydrogens (tertiary/aromatic N) is 5. The summed E-state index contributed by atoms with van der Waals surface area (Å²) in [6.45, 7) is 5.75. The lowest BCUT2D eigenvalue weighted by molar-refractivity contribution is 0.311. The Labute approximate surface area is 139 Å². The number of piperazine rings is 1. The fourth-order valence-electron chi connectivity index (χ4n) is 2.82. The molecule has 1 saturated heterocycles. The van der Waals surface area contributed by atoms with Crippen molar-refractivity contribution in [3.63, 3.8) is 0 Å². The van der Waals surface area contributed by atoms with E-state index in [2.05, 4.69) is 27.0 Å². The van der Waals surface area contributed by atoms with Crippen molar-refractivity contribution in [1.29, 1.82) is 0 Å². The topological polar surface area (TPSA) is 71.4 Å². The molecule has 7 heteroatoms.